The lowest BCUT2D eigenvalue weighted by atomic mass is 10.0. The number of fused-ring (bicyclic) bond motifs is 1. The Balaban J connectivity index is 1.14. The third-order valence-electron chi connectivity index (χ3n) is 6.89. The zero-order valence-electron chi connectivity index (χ0n) is 17.6. The summed E-state index contributed by atoms with van der Waals surface area (Å²) in [5.41, 5.74) is 3.27. The van der Waals surface area contributed by atoms with Crippen LogP contribution >= 0.6 is 0 Å². The summed E-state index contributed by atoms with van der Waals surface area (Å²) in [6.07, 6.45) is 5.84. The Kier molecular flexibility index (Phi) is 5.82. The summed E-state index contributed by atoms with van der Waals surface area (Å²) in [5.74, 6) is 0.973. The topological polar surface area (TPSA) is 63.5 Å². The van der Waals surface area contributed by atoms with Crippen LogP contribution in [0, 0.1) is 5.92 Å². The van der Waals surface area contributed by atoms with Crippen LogP contribution in [0.4, 0.5) is 0 Å². The molecule has 0 unspecified atom stereocenters. The molecule has 1 aliphatic carbocycles. The molecular weight excluding hydrogens is 378 g/mol. The second kappa shape index (κ2) is 8.86. The Morgan fingerprint density at radius 3 is 2.60 bits per heavy atom. The largest absolute Gasteiger partial charge is 0.365 e. The second-order valence-electron chi connectivity index (χ2n) is 8.89. The van der Waals surface area contributed by atoms with Crippen molar-refractivity contribution < 1.29 is 9.53 Å². The summed E-state index contributed by atoms with van der Waals surface area (Å²) in [6, 6.07) is 10.3. The van der Waals surface area contributed by atoms with Crippen molar-refractivity contribution >= 4 is 5.91 Å². The van der Waals surface area contributed by atoms with E-state index in [2.05, 4.69) is 32.2 Å². The molecule has 2 aromatic rings. The molecule has 7 nitrogen and oxygen atoms in total. The summed E-state index contributed by atoms with van der Waals surface area (Å²) in [4.78, 5) is 17.0. The maximum atomic E-state index is 12.6. The van der Waals surface area contributed by atoms with Gasteiger partial charge in [-0.1, -0.05) is 48.4 Å². The lowest BCUT2D eigenvalue weighted by Crippen LogP contribution is -2.48. The van der Waals surface area contributed by atoms with Crippen molar-refractivity contribution in [3.63, 3.8) is 0 Å². The Morgan fingerprint density at radius 2 is 1.83 bits per heavy atom. The molecule has 0 radical (unpaired) electrons. The molecule has 3 aliphatic rings. The fourth-order valence-corrected chi connectivity index (χ4v) is 5.01. The normalized spacial score (nSPS) is 22.9. The number of piperazine rings is 1. The number of rotatable bonds is 5. The van der Waals surface area contributed by atoms with Gasteiger partial charge in [0.1, 0.15) is 11.8 Å². The van der Waals surface area contributed by atoms with Gasteiger partial charge in [0.15, 0.2) is 0 Å². The van der Waals surface area contributed by atoms with Crippen LogP contribution < -0.4 is 0 Å². The van der Waals surface area contributed by atoms with E-state index in [1.54, 1.807) is 0 Å². The van der Waals surface area contributed by atoms with E-state index in [-0.39, 0.29) is 6.10 Å². The summed E-state index contributed by atoms with van der Waals surface area (Å²) >= 11 is 0. The van der Waals surface area contributed by atoms with Gasteiger partial charge in [-0.05, 0) is 24.3 Å². The van der Waals surface area contributed by atoms with Crippen LogP contribution in [0.5, 0.6) is 0 Å². The highest BCUT2D eigenvalue weighted by molar-refractivity contribution is 5.76. The minimum absolute atomic E-state index is 0.0303. The standard InChI is InChI=1S/C23H31N5O2/c29-23(14-18-6-4-5-7-18)27-12-10-26(11-13-27)15-20-21-17-30-22(16-28(21)25-24-20)19-8-2-1-3-9-19/h1-3,8-9,18,22H,4-7,10-17H2/t22-/m1/s1. The maximum Gasteiger partial charge on any atom is 0.222 e. The Bertz CT molecular complexity index is 854. The van der Waals surface area contributed by atoms with Crippen LogP contribution in [-0.4, -0.2) is 56.9 Å². The SMILES string of the molecule is O=C(CC1CCCC1)N1CCN(Cc2nnn3c2CO[C@@H](c2ccccc2)C3)CC1. The Labute approximate surface area is 178 Å². The van der Waals surface area contributed by atoms with Gasteiger partial charge >= 0.3 is 0 Å². The van der Waals surface area contributed by atoms with Crippen molar-refractivity contribution in [3.8, 4) is 0 Å². The summed E-state index contributed by atoms with van der Waals surface area (Å²) < 4.78 is 8.12. The van der Waals surface area contributed by atoms with Crippen LogP contribution in [0.15, 0.2) is 30.3 Å². The molecule has 0 N–H and O–H groups in total. The smallest absolute Gasteiger partial charge is 0.222 e. The molecule has 3 heterocycles. The van der Waals surface area contributed by atoms with Gasteiger partial charge in [-0.2, -0.15) is 0 Å². The summed E-state index contributed by atoms with van der Waals surface area (Å²) in [5, 5.41) is 8.85. The monoisotopic (exact) mass is 409 g/mol. The van der Waals surface area contributed by atoms with Gasteiger partial charge in [-0.25, -0.2) is 4.68 Å². The number of hydrogen-bond donors (Lipinski definition) is 0. The molecule has 30 heavy (non-hydrogen) atoms. The van der Waals surface area contributed by atoms with Gasteiger partial charge < -0.3 is 9.64 Å². The molecule has 0 spiro atoms. The van der Waals surface area contributed by atoms with Gasteiger partial charge in [0.2, 0.25) is 5.91 Å². The number of benzene rings is 1. The van der Waals surface area contributed by atoms with E-state index in [1.165, 1.54) is 31.2 Å². The lowest BCUT2D eigenvalue weighted by Gasteiger charge is -2.35. The zero-order valence-corrected chi connectivity index (χ0v) is 17.6. The minimum Gasteiger partial charge on any atom is -0.365 e. The molecule has 1 aromatic heterocycles. The van der Waals surface area contributed by atoms with E-state index in [0.29, 0.717) is 25.0 Å². The molecular formula is C23H31N5O2. The van der Waals surface area contributed by atoms with Crippen LogP contribution in [0.3, 0.4) is 0 Å². The first-order valence-corrected chi connectivity index (χ1v) is 11.3. The molecule has 1 atom stereocenters. The van der Waals surface area contributed by atoms with Crippen molar-refractivity contribution in [3.05, 3.63) is 47.3 Å². The lowest BCUT2D eigenvalue weighted by molar-refractivity contribution is -0.134. The molecule has 2 aliphatic heterocycles. The third-order valence-corrected chi connectivity index (χ3v) is 6.89. The average Bonchev–Trinajstić information content (AvgIpc) is 3.44. The number of carbonyl (C=O) groups excluding carboxylic acids is 1. The number of aromatic nitrogens is 3. The zero-order chi connectivity index (χ0) is 20.3. The van der Waals surface area contributed by atoms with Crippen molar-refractivity contribution in [1.29, 1.82) is 0 Å². The number of ether oxygens (including phenoxy) is 1. The predicted octanol–water partition coefficient (Wildman–Crippen LogP) is 2.77. The summed E-state index contributed by atoms with van der Waals surface area (Å²) in [7, 11) is 0. The van der Waals surface area contributed by atoms with Gasteiger partial charge in [-0.15, -0.1) is 5.10 Å². The highest BCUT2D eigenvalue weighted by atomic mass is 16.5. The third kappa shape index (κ3) is 4.27. The molecule has 5 rings (SSSR count). The first kappa shape index (κ1) is 19.7. The van der Waals surface area contributed by atoms with Crippen molar-refractivity contribution in [2.45, 2.75) is 57.9 Å². The van der Waals surface area contributed by atoms with Crippen molar-refractivity contribution in [2.24, 2.45) is 5.92 Å². The van der Waals surface area contributed by atoms with E-state index >= 15 is 0 Å². The first-order valence-electron chi connectivity index (χ1n) is 11.3. The Morgan fingerprint density at radius 1 is 1.07 bits per heavy atom. The molecule has 160 valence electrons. The number of hydrogen-bond acceptors (Lipinski definition) is 5. The van der Waals surface area contributed by atoms with Crippen molar-refractivity contribution in [1.82, 2.24) is 24.8 Å². The molecule has 1 aromatic carbocycles. The van der Waals surface area contributed by atoms with E-state index in [0.717, 1.165) is 50.5 Å². The highest BCUT2D eigenvalue weighted by Gasteiger charge is 2.28. The van der Waals surface area contributed by atoms with Gasteiger partial charge in [0, 0.05) is 39.1 Å². The van der Waals surface area contributed by atoms with Crippen molar-refractivity contribution in [2.75, 3.05) is 26.2 Å². The van der Waals surface area contributed by atoms with Crippen LogP contribution in [0.2, 0.25) is 0 Å². The first-order chi connectivity index (χ1) is 14.8. The van der Waals surface area contributed by atoms with E-state index in [9.17, 15) is 4.79 Å². The van der Waals surface area contributed by atoms with Crippen LogP contribution in [-0.2, 0) is 29.2 Å². The quantitative estimate of drug-likeness (QED) is 0.760. The molecule has 1 amide bonds. The number of amides is 1. The van der Waals surface area contributed by atoms with E-state index in [4.69, 9.17) is 4.74 Å². The molecule has 0 bridgehead atoms. The molecule has 2 fully saturated rings. The molecule has 7 heteroatoms. The molecule has 1 saturated carbocycles. The highest BCUT2D eigenvalue weighted by Crippen LogP contribution is 2.29. The predicted molar refractivity (Wildman–Crippen MR) is 112 cm³/mol. The van der Waals surface area contributed by atoms with Gasteiger partial charge in [0.25, 0.3) is 0 Å². The van der Waals surface area contributed by atoms with E-state index < -0.39 is 0 Å². The van der Waals surface area contributed by atoms with Crippen LogP contribution in [0.1, 0.15) is 55.2 Å². The summed E-state index contributed by atoms with van der Waals surface area (Å²) in [6.45, 7) is 5.46. The van der Waals surface area contributed by atoms with E-state index in [1.807, 2.05) is 22.9 Å². The maximum absolute atomic E-state index is 12.6. The molecule has 1 saturated heterocycles. The fraction of sp³-hybridized carbons (Fsp3) is 0.609. The minimum atomic E-state index is 0.0303. The van der Waals surface area contributed by atoms with Crippen LogP contribution in [0.25, 0.3) is 0 Å². The van der Waals surface area contributed by atoms with Gasteiger partial charge in [-0.3, -0.25) is 9.69 Å². The fourth-order valence-electron chi connectivity index (χ4n) is 5.01. The number of carbonyl (C=O) groups is 1. The number of nitrogens with zero attached hydrogens (tertiary/aromatic N) is 5. The Hall–Kier alpha value is -2.25. The van der Waals surface area contributed by atoms with Gasteiger partial charge in [0.05, 0.1) is 18.8 Å². The average molecular weight is 410 g/mol. The second-order valence-corrected chi connectivity index (χ2v) is 8.89.